The van der Waals surface area contributed by atoms with Crippen LogP contribution in [-0.2, 0) is 0 Å². The average Bonchev–Trinajstić information content (AvgIpc) is 2.41. The van der Waals surface area contributed by atoms with Crippen molar-refractivity contribution >= 4 is 23.4 Å². The number of carbonyl (C=O) groups excluding carboxylic acids is 1. The van der Waals surface area contributed by atoms with E-state index in [2.05, 4.69) is 20.6 Å². The van der Waals surface area contributed by atoms with Gasteiger partial charge in [0.2, 0.25) is 0 Å². The van der Waals surface area contributed by atoms with E-state index in [0.717, 1.165) is 0 Å². The van der Waals surface area contributed by atoms with E-state index < -0.39 is 12.0 Å². The Morgan fingerprint density at radius 2 is 2.05 bits per heavy atom. The number of hydrogen-bond donors (Lipinski definition) is 3. The molecule has 0 unspecified atom stereocenters. The lowest BCUT2D eigenvalue weighted by atomic mass is 10.2. The molecule has 7 heteroatoms. The third kappa shape index (κ3) is 3.29. The summed E-state index contributed by atoms with van der Waals surface area (Å²) in [5.74, 6) is -1.11. The van der Waals surface area contributed by atoms with Crippen molar-refractivity contribution in [1.29, 1.82) is 0 Å². The van der Waals surface area contributed by atoms with Crippen molar-refractivity contribution < 1.29 is 14.7 Å². The molecule has 0 spiro atoms. The molecular weight excluding hydrogens is 260 g/mol. The third-order valence-electron chi connectivity index (χ3n) is 2.50. The summed E-state index contributed by atoms with van der Waals surface area (Å²) >= 11 is 0. The summed E-state index contributed by atoms with van der Waals surface area (Å²) in [6.45, 7) is 1.77. The molecule has 0 atom stereocenters. The molecule has 102 valence electrons. The fraction of sp³-hybridized carbons (Fsp3) is 0.0769. The summed E-state index contributed by atoms with van der Waals surface area (Å²) in [5, 5.41) is 14.0. The first kappa shape index (κ1) is 13.5. The van der Waals surface area contributed by atoms with Gasteiger partial charge in [0.15, 0.2) is 0 Å². The van der Waals surface area contributed by atoms with Crippen molar-refractivity contribution in [3.8, 4) is 0 Å². The van der Waals surface area contributed by atoms with Crippen LogP contribution in [0, 0.1) is 6.92 Å². The summed E-state index contributed by atoms with van der Waals surface area (Å²) in [6.07, 6.45) is 4.19. The Balaban J connectivity index is 2.07. The average molecular weight is 272 g/mol. The minimum atomic E-state index is -1.11. The Morgan fingerprint density at radius 3 is 2.75 bits per heavy atom. The number of aromatic carboxylic acids is 1. The fourth-order valence-electron chi connectivity index (χ4n) is 1.53. The van der Waals surface area contributed by atoms with Gasteiger partial charge in [-0.2, -0.15) is 0 Å². The molecule has 0 fully saturated rings. The number of urea groups is 1. The van der Waals surface area contributed by atoms with Crippen LogP contribution in [0.5, 0.6) is 0 Å². The maximum Gasteiger partial charge on any atom is 0.337 e. The Kier molecular flexibility index (Phi) is 3.90. The van der Waals surface area contributed by atoms with Crippen molar-refractivity contribution in [3.05, 3.63) is 48.0 Å². The van der Waals surface area contributed by atoms with Gasteiger partial charge in [0.25, 0.3) is 0 Å². The Hall–Kier alpha value is -2.96. The predicted octanol–water partition coefficient (Wildman–Crippen LogP) is 2.13. The second kappa shape index (κ2) is 5.79. The second-order valence-corrected chi connectivity index (χ2v) is 3.98. The van der Waals surface area contributed by atoms with Gasteiger partial charge in [-0.05, 0) is 25.1 Å². The van der Waals surface area contributed by atoms with Crippen LogP contribution < -0.4 is 10.6 Å². The fourth-order valence-corrected chi connectivity index (χ4v) is 1.53. The van der Waals surface area contributed by atoms with E-state index >= 15 is 0 Å². The highest BCUT2D eigenvalue weighted by Gasteiger charge is 2.08. The largest absolute Gasteiger partial charge is 0.478 e. The molecule has 0 aliphatic heterocycles. The van der Waals surface area contributed by atoms with Crippen molar-refractivity contribution in [3.63, 3.8) is 0 Å². The monoisotopic (exact) mass is 272 g/mol. The summed E-state index contributed by atoms with van der Waals surface area (Å²) in [5.41, 5.74) is 1.55. The van der Waals surface area contributed by atoms with Gasteiger partial charge in [0, 0.05) is 12.4 Å². The molecular formula is C13H12N4O3. The molecule has 0 bridgehead atoms. The van der Waals surface area contributed by atoms with E-state index in [1.54, 1.807) is 25.3 Å². The van der Waals surface area contributed by atoms with E-state index in [4.69, 9.17) is 5.11 Å². The SMILES string of the molecule is Cc1ncccc1NC(=O)Nc1cncc(C(=O)O)c1. The number of aromatic nitrogens is 2. The van der Waals surface area contributed by atoms with Gasteiger partial charge in [-0.1, -0.05) is 0 Å². The lowest BCUT2D eigenvalue weighted by Crippen LogP contribution is -2.20. The van der Waals surface area contributed by atoms with Crippen molar-refractivity contribution in [2.75, 3.05) is 10.6 Å². The standard InChI is InChI=1S/C13H12N4O3/c1-8-11(3-2-4-15-8)17-13(20)16-10-5-9(12(18)19)6-14-7-10/h2-7H,1H3,(H,18,19)(H2,16,17,20). The number of nitrogens with zero attached hydrogens (tertiary/aromatic N) is 2. The molecule has 3 N–H and O–H groups in total. The minimum absolute atomic E-state index is 0.000332. The number of carboxylic acid groups (broad SMARTS) is 1. The molecule has 0 aromatic carbocycles. The molecule has 2 rings (SSSR count). The van der Waals surface area contributed by atoms with E-state index in [9.17, 15) is 9.59 Å². The van der Waals surface area contributed by atoms with Gasteiger partial charge in [-0.25, -0.2) is 9.59 Å². The van der Waals surface area contributed by atoms with Crippen LogP contribution in [-0.4, -0.2) is 27.1 Å². The molecule has 0 aliphatic rings. The van der Waals surface area contributed by atoms with E-state index in [1.165, 1.54) is 18.5 Å². The number of amides is 2. The van der Waals surface area contributed by atoms with Crippen molar-refractivity contribution in [2.24, 2.45) is 0 Å². The molecule has 0 saturated heterocycles. The van der Waals surface area contributed by atoms with Crippen LogP contribution in [0.15, 0.2) is 36.8 Å². The first-order valence-electron chi connectivity index (χ1n) is 5.74. The number of pyridine rings is 2. The smallest absolute Gasteiger partial charge is 0.337 e. The lowest BCUT2D eigenvalue weighted by Gasteiger charge is -2.09. The molecule has 2 aromatic heterocycles. The zero-order valence-corrected chi connectivity index (χ0v) is 10.6. The quantitative estimate of drug-likeness (QED) is 0.793. The lowest BCUT2D eigenvalue weighted by molar-refractivity contribution is 0.0696. The summed E-state index contributed by atoms with van der Waals surface area (Å²) in [6, 6.07) is 4.25. The molecule has 2 aromatic rings. The van der Waals surface area contributed by atoms with Crippen LogP contribution in [0.3, 0.4) is 0 Å². The first-order chi connectivity index (χ1) is 9.56. The number of hydrogen-bond acceptors (Lipinski definition) is 4. The van der Waals surface area contributed by atoms with Gasteiger partial charge in [-0.15, -0.1) is 0 Å². The minimum Gasteiger partial charge on any atom is -0.478 e. The normalized spacial score (nSPS) is 9.85. The predicted molar refractivity (Wildman–Crippen MR) is 72.8 cm³/mol. The molecule has 2 amide bonds. The van der Waals surface area contributed by atoms with E-state index in [-0.39, 0.29) is 5.56 Å². The number of anilines is 2. The van der Waals surface area contributed by atoms with Crippen LogP contribution in [0.4, 0.5) is 16.2 Å². The van der Waals surface area contributed by atoms with Gasteiger partial charge in [0.05, 0.1) is 28.8 Å². The molecule has 2 heterocycles. The highest BCUT2D eigenvalue weighted by Crippen LogP contribution is 2.12. The Bertz CT molecular complexity index is 658. The summed E-state index contributed by atoms with van der Waals surface area (Å²) < 4.78 is 0. The number of aryl methyl sites for hydroxylation is 1. The topological polar surface area (TPSA) is 104 Å². The maximum atomic E-state index is 11.8. The summed E-state index contributed by atoms with van der Waals surface area (Å²) in [4.78, 5) is 30.4. The van der Waals surface area contributed by atoms with Crippen LogP contribution in [0.2, 0.25) is 0 Å². The van der Waals surface area contributed by atoms with Crippen molar-refractivity contribution in [1.82, 2.24) is 9.97 Å². The zero-order valence-electron chi connectivity index (χ0n) is 10.6. The zero-order chi connectivity index (χ0) is 14.5. The van der Waals surface area contributed by atoms with Crippen LogP contribution >= 0.6 is 0 Å². The number of carboxylic acids is 1. The molecule has 0 radical (unpaired) electrons. The number of nitrogens with one attached hydrogen (secondary N) is 2. The molecule has 7 nitrogen and oxygen atoms in total. The second-order valence-electron chi connectivity index (χ2n) is 3.98. The van der Waals surface area contributed by atoms with E-state index in [0.29, 0.717) is 17.1 Å². The van der Waals surface area contributed by atoms with Gasteiger partial charge < -0.3 is 15.7 Å². The van der Waals surface area contributed by atoms with Crippen molar-refractivity contribution in [2.45, 2.75) is 6.92 Å². The third-order valence-corrected chi connectivity index (χ3v) is 2.50. The molecule has 0 saturated carbocycles. The Morgan fingerprint density at radius 1 is 1.25 bits per heavy atom. The molecule has 20 heavy (non-hydrogen) atoms. The number of carbonyl (C=O) groups is 2. The Labute approximate surface area is 114 Å². The van der Waals surface area contributed by atoms with Gasteiger partial charge in [0.1, 0.15) is 0 Å². The maximum absolute atomic E-state index is 11.8. The first-order valence-corrected chi connectivity index (χ1v) is 5.74. The highest BCUT2D eigenvalue weighted by atomic mass is 16.4. The summed E-state index contributed by atoms with van der Waals surface area (Å²) in [7, 11) is 0. The van der Waals surface area contributed by atoms with Gasteiger partial charge in [-0.3, -0.25) is 9.97 Å². The number of rotatable bonds is 3. The molecule has 0 aliphatic carbocycles. The van der Waals surface area contributed by atoms with Gasteiger partial charge >= 0.3 is 12.0 Å². The van der Waals surface area contributed by atoms with Crippen LogP contribution in [0.1, 0.15) is 16.1 Å². The highest BCUT2D eigenvalue weighted by molar-refractivity contribution is 6.00. The van der Waals surface area contributed by atoms with E-state index in [1.807, 2.05) is 0 Å². The van der Waals surface area contributed by atoms with Crippen LogP contribution in [0.25, 0.3) is 0 Å².